The van der Waals surface area contributed by atoms with Gasteiger partial charge in [-0.2, -0.15) is 0 Å². The number of hydrogen-bond donors (Lipinski definition) is 2. The molecule has 0 spiro atoms. The van der Waals surface area contributed by atoms with Gasteiger partial charge in [-0.1, -0.05) is 18.2 Å². The molecule has 2 rings (SSSR count). The lowest BCUT2D eigenvalue weighted by Gasteiger charge is -2.41. The van der Waals surface area contributed by atoms with Crippen LogP contribution < -0.4 is 4.74 Å². The molecule has 1 fully saturated rings. The molecule has 0 unspecified atom stereocenters. The summed E-state index contributed by atoms with van der Waals surface area (Å²) in [5.74, 6) is 0.756. The molecular formula is C17H24O6. The van der Waals surface area contributed by atoms with Crippen molar-refractivity contribution < 1.29 is 29.2 Å². The van der Waals surface area contributed by atoms with Gasteiger partial charge in [-0.3, -0.25) is 0 Å². The first-order valence-electron chi connectivity index (χ1n) is 7.55. The third-order valence-corrected chi connectivity index (χ3v) is 3.76. The van der Waals surface area contributed by atoms with Gasteiger partial charge in [0.2, 0.25) is 0 Å². The SMILES string of the molecule is C=CCO[C@@H]1O[C@@H](C)[C@H](O)[C@@H](OCc2ccc(OC)cc2)[C@H]1O. The van der Waals surface area contributed by atoms with Crippen molar-refractivity contribution in [3.05, 3.63) is 42.5 Å². The van der Waals surface area contributed by atoms with E-state index >= 15 is 0 Å². The van der Waals surface area contributed by atoms with Gasteiger partial charge in [0.1, 0.15) is 24.1 Å². The van der Waals surface area contributed by atoms with Crippen LogP contribution in [0.4, 0.5) is 0 Å². The second-order valence-electron chi connectivity index (χ2n) is 5.44. The van der Waals surface area contributed by atoms with Crippen LogP contribution >= 0.6 is 0 Å². The second-order valence-corrected chi connectivity index (χ2v) is 5.44. The highest BCUT2D eigenvalue weighted by molar-refractivity contribution is 5.26. The van der Waals surface area contributed by atoms with Crippen molar-refractivity contribution in [1.82, 2.24) is 0 Å². The summed E-state index contributed by atoms with van der Waals surface area (Å²) in [5, 5.41) is 20.5. The first-order chi connectivity index (χ1) is 11.1. The van der Waals surface area contributed by atoms with E-state index in [1.54, 1.807) is 20.1 Å². The molecule has 1 saturated heterocycles. The fourth-order valence-electron chi connectivity index (χ4n) is 2.41. The number of ether oxygens (including phenoxy) is 4. The Balaban J connectivity index is 1.98. The fraction of sp³-hybridized carbons (Fsp3) is 0.529. The molecule has 0 aromatic heterocycles. The summed E-state index contributed by atoms with van der Waals surface area (Å²) in [5.41, 5.74) is 0.910. The van der Waals surface area contributed by atoms with Crippen LogP contribution in [0.3, 0.4) is 0 Å². The van der Waals surface area contributed by atoms with Crippen molar-refractivity contribution in [1.29, 1.82) is 0 Å². The summed E-state index contributed by atoms with van der Waals surface area (Å²) >= 11 is 0. The van der Waals surface area contributed by atoms with Gasteiger partial charge >= 0.3 is 0 Å². The van der Waals surface area contributed by atoms with E-state index in [1.165, 1.54) is 0 Å². The quantitative estimate of drug-likeness (QED) is 0.735. The van der Waals surface area contributed by atoms with Crippen molar-refractivity contribution in [3.63, 3.8) is 0 Å². The highest BCUT2D eigenvalue weighted by atomic mass is 16.7. The summed E-state index contributed by atoms with van der Waals surface area (Å²) in [6, 6.07) is 7.39. The highest BCUT2D eigenvalue weighted by Gasteiger charge is 2.44. The lowest BCUT2D eigenvalue weighted by molar-refractivity contribution is -0.299. The van der Waals surface area contributed by atoms with E-state index in [9.17, 15) is 10.2 Å². The molecule has 1 aromatic carbocycles. The topological polar surface area (TPSA) is 77.4 Å². The highest BCUT2D eigenvalue weighted by Crippen LogP contribution is 2.25. The summed E-state index contributed by atoms with van der Waals surface area (Å²) < 4.78 is 21.7. The molecule has 0 bridgehead atoms. The van der Waals surface area contributed by atoms with Crippen LogP contribution in [0.15, 0.2) is 36.9 Å². The molecule has 0 aliphatic carbocycles. The standard InChI is InChI=1S/C17H24O6/c1-4-9-21-17-15(19)16(14(18)11(2)23-17)22-10-12-5-7-13(20-3)8-6-12/h4-8,11,14-19H,1,9-10H2,2-3H3/t11-,14-,15+,16+,17+/m0/s1. The normalized spacial score (nSPS) is 30.9. The summed E-state index contributed by atoms with van der Waals surface area (Å²) in [4.78, 5) is 0. The fourth-order valence-corrected chi connectivity index (χ4v) is 2.41. The number of hydrogen-bond acceptors (Lipinski definition) is 6. The molecule has 6 nitrogen and oxygen atoms in total. The smallest absolute Gasteiger partial charge is 0.186 e. The molecule has 2 N–H and O–H groups in total. The number of rotatable bonds is 7. The Hall–Kier alpha value is -1.44. The van der Waals surface area contributed by atoms with Gasteiger partial charge in [-0.05, 0) is 24.6 Å². The van der Waals surface area contributed by atoms with Gasteiger partial charge in [0.25, 0.3) is 0 Å². The van der Waals surface area contributed by atoms with Crippen LogP contribution in [0, 0.1) is 0 Å². The Labute approximate surface area is 136 Å². The number of aliphatic hydroxyl groups is 2. The zero-order valence-electron chi connectivity index (χ0n) is 13.4. The maximum atomic E-state index is 10.3. The molecule has 1 aliphatic rings. The van der Waals surface area contributed by atoms with E-state index in [-0.39, 0.29) is 13.2 Å². The minimum Gasteiger partial charge on any atom is -0.497 e. The van der Waals surface area contributed by atoms with E-state index in [1.807, 2.05) is 24.3 Å². The van der Waals surface area contributed by atoms with Gasteiger partial charge in [0, 0.05) is 0 Å². The zero-order valence-corrected chi connectivity index (χ0v) is 13.4. The van der Waals surface area contributed by atoms with E-state index in [4.69, 9.17) is 18.9 Å². The molecule has 1 heterocycles. The summed E-state index contributed by atoms with van der Waals surface area (Å²) in [6.45, 7) is 5.77. The Kier molecular flexibility index (Phi) is 6.56. The Bertz CT molecular complexity index is 488. The first kappa shape index (κ1) is 17.9. The average molecular weight is 324 g/mol. The monoisotopic (exact) mass is 324 g/mol. The van der Waals surface area contributed by atoms with Crippen molar-refractivity contribution in [2.75, 3.05) is 13.7 Å². The van der Waals surface area contributed by atoms with Crippen LogP contribution in [0.25, 0.3) is 0 Å². The van der Waals surface area contributed by atoms with Crippen molar-refractivity contribution in [2.24, 2.45) is 0 Å². The van der Waals surface area contributed by atoms with Gasteiger partial charge in [0.05, 0.1) is 26.4 Å². The van der Waals surface area contributed by atoms with Crippen molar-refractivity contribution in [2.45, 2.75) is 44.2 Å². The van der Waals surface area contributed by atoms with E-state index < -0.39 is 30.7 Å². The zero-order chi connectivity index (χ0) is 16.8. The molecule has 6 heteroatoms. The second kappa shape index (κ2) is 8.42. The van der Waals surface area contributed by atoms with E-state index in [0.717, 1.165) is 11.3 Å². The number of methoxy groups -OCH3 is 1. The summed E-state index contributed by atoms with van der Waals surface area (Å²) in [6.07, 6.45) is -2.61. The van der Waals surface area contributed by atoms with Gasteiger partial charge in [-0.15, -0.1) is 6.58 Å². The van der Waals surface area contributed by atoms with Gasteiger partial charge in [-0.25, -0.2) is 0 Å². The first-order valence-corrected chi connectivity index (χ1v) is 7.55. The molecular weight excluding hydrogens is 300 g/mol. The van der Waals surface area contributed by atoms with Crippen LogP contribution in [0.2, 0.25) is 0 Å². The average Bonchev–Trinajstić information content (AvgIpc) is 2.57. The predicted molar refractivity (Wildman–Crippen MR) is 84.1 cm³/mol. The minimum absolute atomic E-state index is 0.246. The molecule has 1 aromatic rings. The lowest BCUT2D eigenvalue weighted by atomic mass is 9.99. The van der Waals surface area contributed by atoms with E-state index in [0.29, 0.717) is 0 Å². The van der Waals surface area contributed by atoms with Crippen molar-refractivity contribution in [3.8, 4) is 5.75 Å². The molecule has 0 amide bonds. The van der Waals surface area contributed by atoms with E-state index in [2.05, 4.69) is 6.58 Å². The van der Waals surface area contributed by atoms with Gasteiger partial charge < -0.3 is 29.2 Å². The molecule has 1 aliphatic heterocycles. The van der Waals surface area contributed by atoms with Crippen LogP contribution in [0.5, 0.6) is 5.75 Å². The number of benzene rings is 1. The third kappa shape index (κ3) is 4.53. The van der Waals surface area contributed by atoms with Crippen LogP contribution in [-0.4, -0.2) is 54.6 Å². The van der Waals surface area contributed by atoms with Crippen LogP contribution in [0.1, 0.15) is 12.5 Å². The molecule has 0 saturated carbocycles. The molecule has 0 radical (unpaired) electrons. The molecule has 5 atom stereocenters. The largest absolute Gasteiger partial charge is 0.497 e. The van der Waals surface area contributed by atoms with Crippen LogP contribution in [-0.2, 0) is 20.8 Å². The Morgan fingerprint density at radius 1 is 1.17 bits per heavy atom. The molecule has 128 valence electrons. The summed E-state index contributed by atoms with van der Waals surface area (Å²) in [7, 11) is 1.60. The molecule has 23 heavy (non-hydrogen) atoms. The maximum absolute atomic E-state index is 10.3. The third-order valence-electron chi connectivity index (χ3n) is 3.76. The number of aliphatic hydroxyl groups excluding tert-OH is 2. The minimum atomic E-state index is -1.08. The van der Waals surface area contributed by atoms with Gasteiger partial charge in [0.15, 0.2) is 6.29 Å². The maximum Gasteiger partial charge on any atom is 0.186 e. The lowest BCUT2D eigenvalue weighted by Crippen LogP contribution is -2.58. The Morgan fingerprint density at radius 2 is 1.87 bits per heavy atom. The predicted octanol–water partition coefficient (Wildman–Crippen LogP) is 1.25. The Morgan fingerprint density at radius 3 is 2.48 bits per heavy atom. The van der Waals surface area contributed by atoms with Crippen molar-refractivity contribution >= 4 is 0 Å².